The van der Waals surface area contributed by atoms with Crippen molar-refractivity contribution in [2.75, 3.05) is 47.6 Å². The fraction of sp³-hybridized carbons (Fsp3) is 0.622. The van der Waals surface area contributed by atoms with Gasteiger partial charge in [0.15, 0.2) is 6.29 Å². The molecule has 0 radical (unpaired) electrons. The van der Waals surface area contributed by atoms with Crippen LogP contribution < -0.4 is 5.46 Å². The Morgan fingerprint density at radius 2 is 1.65 bits per heavy atom. The molecule has 0 aromatic heterocycles. The molecule has 3 aliphatic rings. The van der Waals surface area contributed by atoms with Gasteiger partial charge in [-0.15, -0.1) is 0 Å². The lowest BCUT2D eigenvalue weighted by Gasteiger charge is -2.37. The molecule has 2 aromatic rings. The number of hydrogen-bond acceptors (Lipinski definition) is 11. The average Bonchev–Trinajstić information content (AvgIpc) is 3.78. The molecule has 2 aromatic carbocycles. The first kappa shape index (κ1) is 40.1. The molecule has 0 unspecified atom stereocenters. The van der Waals surface area contributed by atoms with E-state index in [9.17, 15) is 18.0 Å². The van der Waals surface area contributed by atoms with Gasteiger partial charge in [0.25, 0.3) is 0 Å². The Bertz CT molecular complexity index is 1660. The van der Waals surface area contributed by atoms with E-state index in [1.807, 2.05) is 71.9 Å². The highest BCUT2D eigenvalue weighted by Crippen LogP contribution is 2.37. The minimum atomic E-state index is -4.23. The maximum Gasteiger partial charge on any atom is 0.495 e. The van der Waals surface area contributed by atoms with Crippen molar-refractivity contribution in [1.29, 1.82) is 0 Å². The number of amides is 1. The molecule has 3 heterocycles. The van der Waals surface area contributed by atoms with E-state index >= 15 is 0 Å². The van der Waals surface area contributed by atoms with Crippen LogP contribution in [0.2, 0.25) is 0 Å². The van der Waals surface area contributed by atoms with Gasteiger partial charge in [-0.05, 0) is 69.6 Å². The lowest BCUT2D eigenvalue weighted by atomic mass is 9.76. The van der Waals surface area contributed by atoms with Gasteiger partial charge in [0.2, 0.25) is 10.0 Å². The Kier molecular flexibility index (Phi) is 12.5. The molecular formula is C37H53BN2O11S. The number of rotatable bonds is 14. The Morgan fingerprint density at radius 1 is 0.981 bits per heavy atom. The number of methoxy groups -OCH3 is 2. The van der Waals surface area contributed by atoms with E-state index in [1.54, 1.807) is 7.05 Å². The van der Waals surface area contributed by atoms with Crippen LogP contribution in [0.4, 0.5) is 4.79 Å². The zero-order valence-corrected chi connectivity index (χ0v) is 32.5. The van der Waals surface area contributed by atoms with E-state index in [-0.39, 0.29) is 48.3 Å². The molecule has 3 saturated heterocycles. The lowest BCUT2D eigenvalue weighted by molar-refractivity contribution is -0.0907. The van der Waals surface area contributed by atoms with Crippen molar-refractivity contribution >= 4 is 34.7 Å². The van der Waals surface area contributed by atoms with Crippen molar-refractivity contribution in [2.45, 2.75) is 95.0 Å². The normalized spacial score (nSPS) is 23.4. The van der Waals surface area contributed by atoms with Crippen molar-refractivity contribution in [2.24, 2.45) is 11.8 Å². The number of carbonyl (C=O) groups is 2. The number of nitrogens with zero attached hydrogens (tertiary/aromatic N) is 2. The predicted molar refractivity (Wildman–Crippen MR) is 194 cm³/mol. The molecule has 0 bridgehead atoms. The van der Waals surface area contributed by atoms with Crippen molar-refractivity contribution in [3.05, 3.63) is 59.7 Å². The van der Waals surface area contributed by atoms with E-state index in [2.05, 4.69) is 0 Å². The summed E-state index contributed by atoms with van der Waals surface area (Å²) in [6, 6.07) is 13.3. The van der Waals surface area contributed by atoms with Crippen LogP contribution in [0.3, 0.4) is 0 Å². The number of esters is 1. The standard InChI is InChI=1S/C37H53BN2O11S/c1-24(2)21-40(52(43,44)26-15-16-29(28(20-26)33(41)46-9)38-50-36(3,4)37(5,6)51-38)22-31(45-8)30(19-25-13-11-10-12-14-25)39(7)35(42)49-32-23-48-34-27(32)17-18-47-34/h10-16,20,24,27,30-32,34H,17-19,21-23H2,1-9H3/t27-,30-,31+,32-,34+/m0/s1. The SMILES string of the molecule is COC(=O)c1cc(S(=O)(=O)N(CC(C)C)C[C@@H](OC)[C@H](Cc2ccccc2)N(C)C(=O)O[C@H]2CO[C@H]3OCC[C@H]32)ccc1B1OC(C)(C)C(C)(C)O1. The number of hydrogen-bond donors (Lipinski definition) is 0. The lowest BCUT2D eigenvalue weighted by Crippen LogP contribution is -2.53. The number of benzene rings is 2. The van der Waals surface area contributed by atoms with Crippen LogP contribution >= 0.6 is 0 Å². The molecule has 3 aliphatic heterocycles. The maximum absolute atomic E-state index is 14.6. The molecule has 5 atom stereocenters. The van der Waals surface area contributed by atoms with Crippen LogP contribution in [0.1, 0.15) is 63.9 Å². The van der Waals surface area contributed by atoms with Gasteiger partial charge in [-0.25, -0.2) is 18.0 Å². The molecule has 13 nitrogen and oxygen atoms in total. The molecule has 5 rings (SSSR count). The summed E-state index contributed by atoms with van der Waals surface area (Å²) in [6.07, 6.45) is -1.08. The molecular weight excluding hydrogens is 691 g/mol. The van der Waals surface area contributed by atoms with Crippen LogP contribution in [0, 0.1) is 11.8 Å². The van der Waals surface area contributed by atoms with Gasteiger partial charge >= 0.3 is 19.2 Å². The molecule has 1 amide bonds. The summed E-state index contributed by atoms with van der Waals surface area (Å²) in [5.41, 5.74) is -0.0619. The maximum atomic E-state index is 14.6. The highest BCUT2D eigenvalue weighted by molar-refractivity contribution is 7.89. The Balaban J connectivity index is 1.45. The van der Waals surface area contributed by atoms with E-state index in [0.717, 1.165) is 12.0 Å². The van der Waals surface area contributed by atoms with Gasteiger partial charge in [0.1, 0.15) is 6.10 Å². The van der Waals surface area contributed by atoms with E-state index < -0.39 is 58.7 Å². The zero-order chi connectivity index (χ0) is 38.0. The summed E-state index contributed by atoms with van der Waals surface area (Å²) in [5, 5.41) is 0. The van der Waals surface area contributed by atoms with Gasteiger partial charge in [-0.1, -0.05) is 50.2 Å². The summed E-state index contributed by atoms with van der Waals surface area (Å²) in [5.74, 6) is -0.838. The second-order valence-corrected chi connectivity index (χ2v) is 17.1. The van der Waals surface area contributed by atoms with Crippen LogP contribution in [-0.2, 0) is 49.4 Å². The predicted octanol–water partition coefficient (Wildman–Crippen LogP) is 3.88. The summed E-state index contributed by atoms with van der Waals surface area (Å²) in [4.78, 5) is 28.2. The minimum Gasteiger partial charge on any atom is -0.465 e. The van der Waals surface area contributed by atoms with Crippen molar-refractivity contribution in [1.82, 2.24) is 9.21 Å². The van der Waals surface area contributed by atoms with E-state index in [4.69, 9.17) is 33.0 Å². The van der Waals surface area contributed by atoms with E-state index in [1.165, 1.54) is 41.6 Å². The summed E-state index contributed by atoms with van der Waals surface area (Å²) < 4.78 is 71.2. The Morgan fingerprint density at radius 3 is 2.27 bits per heavy atom. The van der Waals surface area contributed by atoms with Crippen molar-refractivity contribution in [3.8, 4) is 0 Å². The van der Waals surface area contributed by atoms with Crippen LogP contribution in [-0.4, -0.2) is 120 Å². The minimum absolute atomic E-state index is 0.0186. The largest absolute Gasteiger partial charge is 0.495 e. The van der Waals surface area contributed by atoms with Crippen molar-refractivity contribution in [3.63, 3.8) is 0 Å². The van der Waals surface area contributed by atoms with Gasteiger partial charge in [-0.2, -0.15) is 4.31 Å². The third-order valence-corrected chi connectivity index (χ3v) is 12.4. The van der Waals surface area contributed by atoms with Crippen molar-refractivity contribution < 1.29 is 51.0 Å². The number of likely N-dealkylation sites (N-methyl/N-ethyl adjacent to an activating group) is 1. The summed E-state index contributed by atoms with van der Waals surface area (Å²) >= 11 is 0. The third-order valence-electron chi connectivity index (χ3n) is 10.6. The van der Waals surface area contributed by atoms with Crippen LogP contribution in [0.25, 0.3) is 0 Å². The summed E-state index contributed by atoms with van der Waals surface area (Å²) in [7, 11) is -0.777. The van der Waals surface area contributed by atoms with Crippen LogP contribution in [0.15, 0.2) is 53.4 Å². The van der Waals surface area contributed by atoms with Gasteiger partial charge in [0, 0.05) is 27.2 Å². The smallest absolute Gasteiger partial charge is 0.465 e. The molecule has 0 spiro atoms. The second kappa shape index (κ2) is 16.1. The van der Waals surface area contributed by atoms with Gasteiger partial charge in [-0.3, -0.25) is 0 Å². The fourth-order valence-corrected chi connectivity index (χ4v) is 8.45. The summed E-state index contributed by atoms with van der Waals surface area (Å²) in [6.45, 7) is 12.2. The molecule has 52 heavy (non-hydrogen) atoms. The quantitative estimate of drug-likeness (QED) is 0.206. The van der Waals surface area contributed by atoms with E-state index in [0.29, 0.717) is 18.5 Å². The number of carbonyl (C=O) groups excluding carboxylic acids is 2. The monoisotopic (exact) mass is 744 g/mol. The molecule has 15 heteroatoms. The van der Waals surface area contributed by atoms with Crippen LogP contribution in [0.5, 0.6) is 0 Å². The average molecular weight is 745 g/mol. The molecule has 3 fully saturated rings. The van der Waals surface area contributed by atoms with Gasteiger partial charge in [0.05, 0.1) is 60.0 Å². The molecule has 0 saturated carbocycles. The first-order valence-corrected chi connectivity index (χ1v) is 19.2. The van der Waals surface area contributed by atoms with Gasteiger partial charge < -0.3 is 37.9 Å². The first-order valence-electron chi connectivity index (χ1n) is 17.8. The number of sulfonamides is 1. The second-order valence-electron chi connectivity index (χ2n) is 15.1. The Hall–Kier alpha value is -3.05. The zero-order valence-electron chi connectivity index (χ0n) is 31.7. The first-order chi connectivity index (χ1) is 24.5. The topological polar surface area (TPSA) is 139 Å². The highest BCUT2D eigenvalue weighted by atomic mass is 32.2. The third kappa shape index (κ3) is 8.51. The molecule has 286 valence electrons. The number of ether oxygens (including phenoxy) is 5. The fourth-order valence-electron chi connectivity index (χ4n) is 6.81. The Labute approximate surface area is 308 Å². The molecule has 0 N–H and O–H groups in total. The highest BCUT2D eigenvalue weighted by Gasteiger charge is 2.53. The number of fused-ring (bicyclic) bond motifs is 1. The molecule has 0 aliphatic carbocycles.